The maximum absolute atomic E-state index is 13.1. The molecule has 6 N–H and O–H groups in total. The Morgan fingerprint density at radius 1 is 0.917 bits per heavy atom. The van der Waals surface area contributed by atoms with E-state index >= 15 is 0 Å². The van der Waals surface area contributed by atoms with Gasteiger partial charge in [0.25, 0.3) is 0 Å². The van der Waals surface area contributed by atoms with E-state index in [4.69, 9.17) is 19.9 Å². The third-order valence-electron chi connectivity index (χ3n) is 15.9. The molecule has 6 rings (SSSR count). The fourth-order valence-electron chi connectivity index (χ4n) is 12.6. The molecule has 1 heterocycles. The molecule has 6 aliphatic rings. The molecule has 5 aliphatic carbocycles. The predicted octanol–water partition coefficient (Wildman–Crippen LogP) is 4.42. The maximum atomic E-state index is 13.1. The van der Waals surface area contributed by atoms with Gasteiger partial charge in [0.15, 0.2) is 6.29 Å². The van der Waals surface area contributed by atoms with Gasteiger partial charge >= 0.3 is 11.9 Å². The normalized spacial score (nSPS) is 51.3. The second kappa shape index (κ2) is 12.3. The number of aliphatic carboxylic acids is 1. The Bertz CT molecular complexity index is 1300. The van der Waals surface area contributed by atoms with Gasteiger partial charge in [0, 0.05) is 12.0 Å². The Morgan fingerprint density at radius 3 is 2.29 bits per heavy atom. The fraction of sp³-hybridized carbons (Fsp3) is 0.895. The molecule has 272 valence electrons. The number of esters is 1. The first kappa shape index (κ1) is 36.2. The molecule has 0 aromatic heterocycles. The van der Waals surface area contributed by atoms with E-state index in [9.17, 15) is 30.0 Å². The number of rotatable bonds is 6. The van der Waals surface area contributed by atoms with Crippen LogP contribution in [0, 0.1) is 56.7 Å². The third-order valence-corrected chi connectivity index (χ3v) is 15.9. The van der Waals surface area contributed by atoms with E-state index in [0.717, 1.165) is 57.8 Å². The molecule has 0 aromatic carbocycles. The number of aliphatic hydroxyl groups excluding tert-OH is 3. The number of hydrogen-bond acceptors (Lipinski definition) is 9. The molecule has 0 radical (unpaired) electrons. The van der Waals surface area contributed by atoms with Crippen LogP contribution < -0.4 is 5.73 Å². The summed E-state index contributed by atoms with van der Waals surface area (Å²) in [7, 11) is 0. The topological polar surface area (TPSA) is 169 Å². The van der Waals surface area contributed by atoms with Crippen molar-refractivity contribution in [3.63, 3.8) is 0 Å². The number of allylic oxidation sites excluding steroid dienone is 2. The van der Waals surface area contributed by atoms with Crippen LogP contribution >= 0.6 is 0 Å². The number of carbonyl (C=O) groups excluding carboxylic acids is 1. The first-order valence-corrected chi connectivity index (χ1v) is 18.5. The molecule has 10 nitrogen and oxygen atoms in total. The first-order valence-electron chi connectivity index (χ1n) is 18.5. The van der Waals surface area contributed by atoms with Gasteiger partial charge in [-0.3, -0.25) is 4.79 Å². The van der Waals surface area contributed by atoms with Crippen LogP contribution in [0.15, 0.2) is 11.6 Å². The van der Waals surface area contributed by atoms with Crippen molar-refractivity contribution in [1.29, 1.82) is 0 Å². The van der Waals surface area contributed by atoms with Gasteiger partial charge in [0.1, 0.15) is 37.1 Å². The number of carbonyl (C=O) groups is 2. The van der Waals surface area contributed by atoms with Gasteiger partial charge in [-0.25, -0.2) is 4.79 Å². The van der Waals surface area contributed by atoms with Crippen LogP contribution in [-0.2, 0) is 23.8 Å². The molecule has 48 heavy (non-hydrogen) atoms. The van der Waals surface area contributed by atoms with E-state index in [2.05, 4.69) is 54.5 Å². The zero-order valence-corrected chi connectivity index (χ0v) is 30.1. The van der Waals surface area contributed by atoms with Crippen LogP contribution in [0.25, 0.3) is 0 Å². The average Bonchev–Trinajstić information content (AvgIpc) is 3.03. The first-order chi connectivity index (χ1) is 22.4. The summed E-state index contributed by atoms with van der Waals surface area (Å²) in [6, 6.07) is 0. The summed E-state index contributed by atoms with van der Waals surface area (Å²) in [5, 5.41) is 41.3. The number of hydrogen-bond donors (Lipinski definition) is 5. The van der Waals surface area contributed by atoms with Crippen LogP contribution in [0.5, 0.6) is 0 Å². The Labute approximate surface area is 286 Å². The van der Waals surface area contributed by atoms with E-state index in [0.29, 0.717) is 23.7 Å². The van der Waals surface area contributed by atoms with Crippen molar-refractivity contribution in [3.8, 4) is 0 Å². The fourth-order valence-corrected chi connectivity index (χ4v) is 12.6. The molecular weight excluding hydrogens is 614 g/mol. The van der Waals surface area contributed by atoms with Crippen LogP contribution in [0.4, 0.5) is 0 Å². The second-order valence-electron chi connectivity index (χ2n) is 18.0. The zero-order chi connectivity index (χ0) is 35.2. The highest BCUT2D eigenvalue weighted by atomic mass is 16.7. The van der Waals surface area contributed by atoms with E-state index in [-0.39, 0.29) is 40.2 Å². The highest BCUT2D eigenvalue weighted by Crippen LogP contribution is 2.75. The molecule has 1 saturated heterocycles. The Kier molecular flexibility index (Phi) is 9.28. The summed E-state index contributed by atoms with van der Waals surface area (Å²) in [5.41, 5.74) is 6.14. The molecule has 0 spiro atoms. The smallest absolute Gasteiger partial charge is 0.332 e. The summed E-state index contributed by atoms with van der Waals surface area (Å²) in [4.78, 5) is 26.1. The number of aliphatic hydroxyl groups is 3. The summed E-state index contributed by atoms with van der Waals surface area (Å²) in [5.74, 6) is 0.544. The van der Waals surface area contributed by atoms with Crippen molar-refractivity contribution in [2.45, 2.75) is 143 Å². The quantitative estimate of drug-likeness (QED) is 0.201. The number of carboxylic acid groups (broad SMARTS) is 1. The molecule has 10 heteroatoms. The summed E-state index contributed by atoms with van der Waals surface area (Å²) >= 11 is 0. The molecule has 0 bridgehead atoms. The lowest BCUT2D eigenvalue weighted by Crippen LogP contribution is -2.65. The van der Waals surface area contributed by atoms with Crippen LogP contribution in [-0.4, -0.2) is 82.3 Å². The summed E-state index contributed by atoms with van der Waals surface area (Å²) in [6.45, 7) is 16.0. The standard InChI is InChI=1S/C38H61NO9/c1-20-10-15-38(33(44)45)17-16-36(6)22(28(38)21(20)2)8-9-25-35(5)13-12-26(34(3,4)24(35)11-14-37(25,36)7)48-27(40)19-46-32-31(43)30(42)29(41)23(18-39)47-32/h8,20-21,23-26,28-32,41-43H,9-19,39H2,1-7H3,(H,44,45)/t20-,21+,23-,24+,25-,26+,28+,29-,30+,31-,32?,35+,36-,37-,38+/m1/s1. The van der Waals surface area contributed by atoms with Gasteiger partial charge in [-0.15, -0.1) is 0 Å². The Balaban J connectivity index is 1.19. The van der Waals surface area contributed by atoms with Crippen molar-refractivity contribution in [2.24, 2.45) is 62.4 Å². The van der Waals surface area contributed by atoms with Gasteiger partial charge in [-0.05, 0) is 104 Å². The number of ether oxygens (including phenoxy) is 3. The SMILES string of the molecule is C[C@H]1[C@H](C)CC[C@]2(C(=O)O)CC[C@]3(C)C(=CC[C@@H]4[C@@]5(C)CC[C@H](OC(=O)COC6O[C@H](CN)[C@@H](O)[C@H](O)[C@H]6O)C(C)(C)[C@@H]5CC[C@]43C)[C@H]12. The highest BCUT2D eigenvalue weighted by molar-refractivity contribution is 5.76. The van der Waals surface area contributed by atoms with E-state index in [1.54, 1.807) is 0 Å². The number of carboxylic acids is 1. The summed E-state index contributed by atoms with van der Waals surface area (Å²) < 4.78 is 17.2. The molecule has 15 atom stereocenters. The lowest BCUT2D eigenvalue weighted by molar-refractivity contribution is -0.294. The van der Waals surface area contributed by atoms with Crippen LogP contribution in [0.3, 0.4) is 0 Å². The molecule has 1 unspecified atom stereocenters. The second-order valence-corrected chi connectivity index (χ2v) is 18.0. The van der Waals surface area contributed by atoms with Gasteiger partial charge < -0.3 is 40.4 Å². The van der Waals surface area contributed by atoms with Gasteiger partial charge in [-0.1, -0.05) is 60.1 Å². The number of nitrogens with two attached hydrogens (primary N) is 1. The minimum Gasteiger partial charge on any atom is -0.481 e. The lowest BCUT2D eigenvalue weighted by atomic mass is 9.33. The monoisotopic (exact) mass is 675 g/mol. The molecule has 0 aromatic rings. The highest BCUT2D eigenvalue weighted by Gasteiger charge is 2.69. The minimum absolute atomic E-state index is 0.0298. The third kappa shape index (κ3) is 5.08. The van der Waals surface area contributed by atoms with Gasteiger partial charge in [0.2, 0.25) is 0 Å². The molecular formula is C38H61NO9. The average molecular weight is 676 g/mol. The summed E-state index contributed by atoms with van der Waals surface area (Å²) in [6.07, 6.45) is 3.71. The van der Waals surface area contributed by atoms with Crippen molar-refractivity contribution in [1.82, 2.24) is 0 Å². The van der Waals surface area contributed by atoms with Crippen molar-refractivity contribution in [3.05, 3.63) is 11.6 Å². The Hall–Kier alpha value is -1.56. The maximum Gasteiger partial charge on any atom is 0.332 e. The van der Waals surface area contributed by atoms with Crippen molar-refractivity contribution in [2.75, 3.05) is 13.2 Å². The Morgan fingerprint density at radius 2 is 1.62 bits per heavy atom. The molecule has 4 saturated carbocycles. The largest absolute Gasteiger partial charge is 0.481 e. The predicted molar refractivity (Wildman–Crippen MR) is 178 cm³/mol. The van der Waals surface area contributed by atoms with Crippen molar-refractivity contribution < 1.29 is 44.2 Å². The molecule has 1 aliphatic heterocycles. The van der Waals surface area contributed by atoms with Crippen LogP contribution in [0.2, 0.25) is 0 Å². The van der Waals surface area contributed by atoms with E-state index in [1.807, 2.05) is 0 Å². The van der Waals surface area contributed by atoms with Crippen molar-refractivity contribution >= 4 is 11.9 Å². The van der Waals surface area contributed by atoms with Gasteiger partial charge in [-0.2, -0.15) is 0 Å². The number of fused-ring (bicyclic) bond motifs is 7. The minimum atomic E-state index is -1.53. The molecule has 5 fully saturated rings. The zero-order valence-electron chi connectivity index (χ0n) is 30.1. The molecule has 0 amide bonds. The van der Waals surface area contributed by atoms with E-state index < -0.39 is 54.7 Å². The van der Waals surface area contributed by atoms with E-state index in [1.165, 1.54) is 5.57 Å². The van der Waals surface area contributed by atoms with Crippen LogP contribution in [0.1, 0.15) is 106 Å². The van der Waals surface area contributed by atoms with Gasteiger partial charge in [0.05, 0.1) is 5.41 Å². The lowest BCUT2D eigenvalue weighted by Gasteiger charge is -2.71.